The van der Waals surface area contributed by atoms with Gasteiger partial charge in [0.2, 0.25) is 5.91 Å². The first-order chi connectivity index (χ1) is 8.29. The van der Waals surface area contributed by atoms with Gasteiger partial charge >= 0.3 is 0 Å². The molecule has 1 aromatic rings. The molecule has 1 saturated carbocycles. The van der Waals surface area contributed by atoms with Crippen LogP contribution in [0.5, 0.6) is 0 Å². The van der Waals surface area contributed by atoms with E-state index in [1.807, 2.05) is 0 Å². The van der Waals surface area contributed by atoms with Gasteiger partial charge in [-0.1, -0.05) is 12.8 Å². The summed E-state index contributed by atoms with van der Waals surface area (Å²) in [5, 5.41) is 16.2. The highest BCUT2D eigenvalue weighted by Gasteiger charge is 2.34. The number of hydrogen-bond acceptors (Lipinski definition) is 3. The van der Waals surface area contributed by atoms with Gasteiger partial charge in [-0.05, 0) is 12.3 Å². The summed E-state index contributed by atoms with van der Waals surface area (Å²) in [5.74, 6) is 0.925. The van der Waals surface area contributed by atoms with Crippen molar-refractivity contribution in [2.45, 2.75) is 38.3 Å². The van der Waals surface area contributed by atoms with Crippen molar-refractivity contribution in [1.29, 1.82) is 0 Å². The average molecular weight is 235 g/mol. The quantitative estimate of drug-likeness (QED) is 0.817. The first kappa shape index (κ1) is 10.8. The number of aliphatic hydroxyl groups is 1. The zero-order valence-electron chi connectivity index (χ0n) is 9.72. The van der Waals surface area contributed by atoms with Gasteiger partial charge in [-0.15, -0.1) is 0 Å². The van der Waals surface area contributed by atoms with E-state index in [4.69, 9.17) is 0 Å². The smallest absolute Gasteiger partial charge is 0.223 e. The molecule has 0 radical (unpaired) electrons. The molecule has 0 aromatic carbocycles. The standard InChI is InChI=1S/C12H17N3O2/c16-7-11-9-5-13-14-10(9)6-15(11)12(17)4-3-8-1-2-8/h5,8,11,16H,1-4,6-7H2,(H,13,14). The van der Waals surface area contributed by atoms with Crippen LogP contribution in [0.3, 0.4) is 0 Å². The van der Waals surface area contributed by atoms with Crippen LogP contribution < -0.4 is 0 Å². The molecule has 1 fully saturated rings. The third kappa shape index (κ3) is 1.95. The second kappa shape index (κ2) is 4.14. The van der Waals surface area contributed by atoms with E-state index < -0.39 is 0 Å². The summed E-state index contributed by atoms with van der Waals surface area (Å²) in [6.45, 7) is 0.533. The number of nitrogens with one attached hydrogen (secondary N) is 1. The second-order valence-electron chi connectivity index (χ2n) is 5.01. The Morgan fingerprint density at radius 2 is 2.41 bits per heavy atom. The number of fused-ring (bicyclic) bond motifs is 1. The number of amides is 1. The van der Waals surface area contributed by atoms with E-state index in [1.54, 1.807) is 11.1 Å². The van der Waals surface area contributed by atoms with Crippen LogP contribution in [0.4, 0.5) is 0 Å². The van der Waals surface area contributed by atoms with E-state index in [0.29, 0.717) is 13.0 Å². The largest absolute Gasteiger partial charge is 0.394 e. The SMILES string of the molecule is O=C(CCC1CC1)N1Cc2[nH]ncc2C1CO. The van der Waals surface area contributed by atoms with Gasteiger partial charge in [-0.25, -0.2) is 0 Å². The van der Waals surface area contributed by atoms with Crippen molar-refractivity contribution in [3.63, 3.8) is 0 Å². The lowest BCUT2D eigenvalue weighted by Crippen LogP contribution is -2.31. The third-order valence-electron chi connectivity index (χ3n) is 3.77. The predicted molar refractivity (Wildman–Crippen MR) is 60.9 cm³/mol. The van der Waals surface area contributed by atoms with E-state index in [0.717, 1.165) is 23.6 Å². The number of aromatic amines is 1. The van der Waals surface area contributed by atoms with Crippen molar-refractivity contribution < 1.29 is 9.90 Å². The second-order valence-corrected chi connectivity index (χ2v) is 5.01. The Balaban J connectivity index is 1.66. The molecule has 3 rings (SSSR count). The Morgan fingerprint density at radius 1 is 1.59 bits per heavy atom. The van der Waals surface area contributed by atoms with E-state index in [9.17, 15) is 9.90 Å². The molecule has 1 amide bonds. The minimum atomic E-state index is -0.199. The molecule has 0 bridgehead atoms. The summed E-state index contributed by atoms with van der Waals surface area (Å²) >= 11 is 0. The molecule has 1 unspecified atom stereocenters. The van der Waals surface area contributed by atoms with Gasteiger partial charge < -0.3 is 10.0 Å². The minimum Gasteiger partial charge on any atom is -0.394 e. The van der Waals surface area contributed by atoms with Gasteiger partial charge in [0.1, 0.15) is 0 Å². The molecular formula is C12H17N3O2. The summed E-state index contributed by atoms with van der Waals surface area (Å²) in [5.41, 5.74) is 1.93. The molecule has 2 aliphatic rings. The Kier molecular flexibility index (Phi) is 2.63. The van der Waals surface area contributed by atoms with E-state index in [2.05, 4.69) is 10.2 Å². The van der Waals surface area contributed by atoms with E-state index in [-0.39, 0.29) is 18.6 Å². The number of rotatable bonds is 4. The molecule has 92 valence electrons. The molecule has 5 heteroatoms. The molecular weight excluding hydrogens is 218 g/mol. The molecule has 2 N–H and O–H groups in total. The van der Waals surface area contributed by atoms with Crippen molar-refractivity contribution in [3.8, 4) is 0 Å². The van der Waals surface area contributed by atoms with Crippen molar-refractivity contribution >= 4 is 5.91 Å². The molecule has 1 atom stereocenters. The molecule has 2 heterocycles. The van der Waals surface area contributed by atoms with Crippen LogP contribution in [0.2, 0.25) is 0 Å². The fraction of sp³-hybridized carbons (Fsp3) is 0.667. The van der Waals surface area contributed by atoms with Crippen LogP contribution in [-0.2, 0) is 11.3 Å². The number of aromatic nitrogens is 2. The lowest BCUT2D eigenvalue weighted by Gasteiger charge is -2.23. The summed E-state index contributed by atoms with van der Waals surface area (Å²) in [6, 6.07) is -0.199. The minimum absolute atomic E-state index is 0.0261. The summed E-state index contributed by atoms with van der Waals surface area (Å²) in [4.78, 5) is 13.9. The average Bonchev–Trinajstić information content (AvgIpc) is 2.92. The normalized spacial score (nSPS) is 22.9. The van der Waals surface area contributed by atoms with Crippen molar-refractivity contribution in [2.24, 2.45) is 5.92 Å². The third-order valence-corrected chi connectivity index (χ3v) is 3.77. The van der Waals surface area contributed by atoms with Crippen LogP contribution in [0.25, 0.3) is 0 Å². The first-order valence-electron chi connectivity index (χ1n) is 6.22. The van der Waals surface area contributed by atoms with Crippen molar-refractivity contribution in [2.75, 3.05) is 6.61 Å². The van der Waals surface area contributed by atoms with Crippen molar-refractivity contribution in [3.05, 3.63) is 17.5 Å². The highest BCUT2D eigenvalue weighted by Crippen LogP contribution is 2.36. The molecule has 1 aromatic heterocycles. The molecule has 17 heavy (non-hydrogen) atoms. The van der Waals surface area contributed by atoms with Gasteiger partial charge in [-0.2, -0.15) is 5.10 Å². The number of carbonyl (C=O) groups is 1. The van der Waals surface area contributed by atoms with Gasteiger partial charge in [0.05, 0.1) is 31.1 Å². The summed E-state index contributed by atoms with van der Waals surface area (Å²) in [6.07, 6.45) is 5.88. The van der Waals surface area contributed by atoms with Crippen LogP contribution in [-0.4, -0.2) is 32.7 Å². The fourth-order valence-electron chi connectivity index (χ4n) is 2.52. The highest BCUT2D eigenvalue weighted by molar-refractivity contribution is 5.77. The van der Waals surface area contributed by atoms with Crippen molar-refractivity contribution in [1.82, 2.24) is 15.1 Å². The van der Waals surface area contributed by atoms with Crippen LogP contribution in [0, 0.1) is 5.92 Å². The van der Waals surface area contributed by atoms with Gasteiger partial charge in [0.15, 0.2) is 0 Å². The maximum Gasteiger partial charge on any atom is 0.223 e. The lowest BCUT2D eigenvalue weighted by atomic mass is 10.1. The maximum atomic E-state index is 12.1. The summed E-state index contributed by atoms with van der Waals surface area (Å²) < 4.78 is 0. The number of aliphatic hydroxyl groups excluding tert-OH is 1. The number of carbonyl (C=O) groups excluding carboxylic acids is 1. The van der Waals surface area contributed by atoms with Gasteiger partial charge in [0, 0.05) is 12.0 Å². The van der Waals surface area contributed by atoms with Crippen LogP contribution in [0.1, 0.15) is 43.0 Å². The number of hydrogen-bond donors (Lipinski definition) is 2. The highest BCUT2D eigenvalue weighted by atomic mass is 16.3. The number of nitrogens with zero attached hydrogens (tertiary/aromatic N) is 2. The molecule has 0 saturated heterocycles. The Morgan fingerprint density at radius 3 is 3.12 bits per heavy atom. The zero-order chi connectivity index (χ0) is 11.8. The van der Waals surface area contributed by atoms with E-state index in [1.165, 1.54) is 12.8 Å². The topological polar surface area (TPSA) is 69.2 Å². The van der Waals surface area contributed by atoms with Gasteiger partial charge in [0.25, 0.3) is 0 Å². The van der Waals surface area contributed by atoms with Crippen LogP contribution >= 0.6 is 0 Å². The summed E-state index contributed by atoms with van der Waals surface area (Å²) in [7, 11) is 0. The zero-order valence-corrected chi connectivity index (χ0v) is 9.72. The van der Waals surface area contributed by atoms with E-state index >= 15 is 0 Å². The molecule has 0 spiro atoms. The fourth-order valence-corrected chi connectivity index (χ4v) is 2.52. The monoisotopic (exact) mass is 235 g/mol. The first-order valence-corrected chi connectivity index (χ1v) is 6.22. The molecule has 1 aliphatic heterocycles. The number of H-pyrrole nitrogens is 1. The maximum absolute atomic E-state index is 12.1. The Bertz CT molecular complexity index is 425. The predicted octanol–water partition coefficient (Wildman–Crippen LogP) is 0.976. The Labute approximate surface area is 99.8 Å². The molecule has 1 aliphatic carbocycles. The lowest BCUT2D eigenvalue weighted by molar-refractivity contribution is -0.134. The van der Waals surface area contributed by atoms with Gasteiger partial charge in [-0.3, -0.25) is 9.89 Å². The Hall–Kier alpha value is -1.36. The van der Waals surface area contributed by atoms with Crippen LogP contribution in [0.15, 0.2) is 6.20 Å². The molecule has 5 nitrogen and oxygen atoms in total.